The molecule has 0 amide bonds. The molecule has 2 heterocycles. The molecule has 132 valence electrons. The van der Waals surface area contributed by atoms with E-state index in [1.165, 1.54) is 11.1 Å². The van der Waals surface area contributed by atoms with Crippen LogP contribution in [0, 0.1) is 0 Å². The minimum Gasteiger partial charge on any atom is -0.484 e. The summed E-state index contributed by atoms with van der Waals surface area (Å²) in [6, 6.07) is 14.1. The summed E-state index contributed by atoms with van der Waals surface area (Å²) in [6.45, 7) is 1.84. The number of benzene rings is 2. The largest absolute Gasteiger partial charge is 0.484 e. The van der Waals surface area contributed by atoms with Crippen LogP contribution in [0.4, 0.5) is 0 Å². The van der Waals surface area contributed by atoms with Crippen molar-refractivity contribution >= 4 is 11.6 Å². The molecule has 0 radical (unpaired) electrons. The van der Waals surface area contributed by atoms with Crippen LogP contribution >= 0.6 is 11.6 Å². The molecule has 4 nitrogen and oxygen atoms in total. The van der Waals surface area contributed by atoms with Crippen LogP contribution in [0.2, 0.25) is 5.02 Å². The summed E-state index contributed by atoms with van der Waals surface area (Å²) in [5.74, 6) is 0.729. The van der Waals surface area contributed by atoms with Crippen molar-refractivity contribution in [3.63, 3.8) is 0 Å². The maximum absolute atomic E-state index is 6.30. The molecule has 0 aliphatic carbocycles. The van der Waals surface area contributed by atoms with E-state index in [-0.39, 0.29) is 6.10 Å². The van der Waals surface area contributed by atoms with E-state index in [9.17, 15) is 0 Å². The minimum atomic E-state index is -0.0224. The first-order valence-electron chi connectivity index (χ1n) is 8.69. The fraction of sp³-hybridized carbons (Fsp3) is 0.238. The molecule has 1 atom stereocenters. The Kier molecular flexibility index (Phi) is 4.87. The van der Waals surface area contributed by atoms with Crippen LogP contribution in [-0.2, 0) is 6.54 Å². The monoisotopic (exact) mass is 365 g/mol. The Balaban J connectivity index is 1.70. The highest BCUT2D eigenvalue weighted by atomic mass is 35.5. The van der Waals surface area contributed by atoms with Crippen molar-refractivity contribution in [3.05, 3.63) is 77.2 Å². The second kappa shape index (κ2) is 7.44. The van der Waals surface area contributed by atoms with Crippen molar-refractivity contribution < 1.29 is 4.74 Å². The molecule has 0 bridgehead atoms. The summed E-state index contributed by atoms with van der Waals surface area (Å²) in [5.41, 5.74) is 4.42. The molecule has 1 aliphatic heterocycles. The van der Waals surface area contributed by atoms with E-state index in [4.69, 9.17) is 16.3 Å². The average Bonchev–Trinajstić information content (AvgIpc) is 2.82. The lowest BCUT2D eigenvalue weighted by molar-refractivity contribution is 0.183. The molecule has 1 aromatic heterocycles. The van der Waals surface area contributed by atoms with Crippen molar-refractivity contribution in [2.45, 2.75) is 19.1 Å². The second-order valence-corrected chi connectivity index (χ2v) is 6.97. The van der Waals surface area contributed by atoms with Crippen LogP contribution in [0.1, 0.15) is 23.7 Å². The lowest BCUT2D eigenvalue weighted by atomic mass is 9.98. The molecular formula is C21H20ClN3O. The van der Waals surface area contributed by atoms with Crippen LogP contribution in [0.25, 0.3) is 11.3 Å². The summed E-state index contributed by atoms with van der Waals surface area (Å²) in [7, 11) is 2.14. The van der Waals surface area contributed by atoms with Crippen LogP contribution in [0.15, 0.2) is 61.1 Å². The van der Waals surface area contributed by atoms with E-state index in [1.807, 2.05) is 24.3 Å². The Morgan fingerprint density at radius 2 is 2.04 bits per heavy atom. The summed E-state index contributed by atoms with van der Waals surface area (Å²) in [5, 5.41) is 0.642. The molecule has 0 N–H and O–H groups in total. The predicted octanol–water partition coefficient (Wildman–Crippen LogP) is 4.75. The van der Waals surface area contributed by atoms with Crippen LogP contribution in [-0.4, -0.2) is 28.5 Å². The van der Waals surface area contributed by atoms with E-state index in [0.717, 1.165) is 36.5 Å². The van der Waals surface area contributed by atoms with Gasteiger partial charge in [0, 0.05) is 37.5 Å². The van der Waals surface area contributed by atoms with E-state index in [2.05, 4.69) is 40.1 Å². The van der Waals surface area contributed by atoms with Gasteiger partial charge in [0.2, 0.25) is 0 Å². The van der Waals surface area contributed by atoms with Gasteiger partial charge in [0.25, 0.3) is 0 Å². The smallest absolute Gasteiger partial charge is 0.138 e. The summed E-state index contributed by atoms with van der Waals surface area (Å²) >= 11 is 6.29. The lowest BCUT2D eigenvalue weighted by Gasteiger charge is -2.20. The fourth-order valence-corrected chi connectivity index (χ4v) is 3.52. The number of fused-ring (bicyclic) bond motifs is 1. The number of ether oxygens (including phenoxy) is 1. The number of nitrogens with zero attached hydrogens (tertiary/aromatic N) is 3. The Morgan fingerprint density at radius 3 is 2.85 bits per heavy atom. The molecule has 2 aromatic carbocycles. The molecule has 0 saturated carbocycles. The highest BCUT2D eigenvalue weighted by molar-refractivity contribution is 6.32. The van der Waals surface area contributed by atoms with Crippen LogP contribution < -0.4 is 4.74 Å². The van der Waals surface area contributed by atoms with Crippen molar-refractivity contribution in [1.82, 2.24) is 14.9 Å². The highest BCUT2D eigenvalue weighted by Gasteiger charge is 2.23. The van der Waals surface area contributed by atoms with Gasteiger partial charge in [-0.05, 0) is 36.4 Å². The first-order chi connectivity index (χ1) is 12.7. The summed E-state index contributed by atoms with van der Waals surface area (Å²) < 4.78 is 6.30. The fourth-order valence-electron chi connectivity index (χ4n) is 3.34. The molecule has 1 unspecified atom stereocenters. The quantitative estimate of drug-likeness (QED) is 0.671. The zero-order valence-electron chi connectivity index (χ0n) is 14.6. The third-order valence-electron chi connectivity index (χ3n) is 4.67. The second-order valence-electron chi connectivity index (χ2n) is 6.57. The molecular weight excluding hydrogens is 346 g/mol. The van der Waals surface area contributed by atoms with E-state index in [1.54, 1.807) is 18.6 Å². The third kappa shape index (κ3) is 3.57. The van der Waals surface area contributed by atoms with Gasteiger partial charge in [0.05, 0.1) is 16.9 Å². The number of hydrogen-bond donors (Lipinski definition) is 0. The van der Waals surface area contributed by atoms with Crippen molar-refractivity contribution in [3.8, 4) is 17.0 Å². The predicted molar refractivity (Wildman–Crippen MR) is 103 cm³/mol. The van der Waals surface area contributed by atoms with Gasteiger partial charge in [-0.15, -0.1) is 0 Å². The standard InChI is InChI=1S/C21H20ClN3O/c1-25-11-8-20(26-21-5-3-2-4-18(21)22)17-7-6-15(12-16(17)14-25)19-13-23-9-10-24-19/h2-7,9-10,12-13,20H,8,11,14H2,1H3. The molecule has 1 aliphatic rings. The first-order valence-corrected chi connectivity index (χ1v) is 9.07. The summed E-state index contributed by atoms with van der Waals surface area (Å²) in [6.07, 6.45) is 6.09. The van der Waals surface area contributed by atoms with Gasteiger partial charge in [-0.2, -0.15) is 0 Å². The molecule has 4 rings (SSSR count). The van der Waals surface area contributed by atoms with Crippen LogP contribution in [0.5, 0.6) is 5.75 Å². The Morgan fingerprint density at radius 1 is 1.15 bits per heavy atom. The normalized spacial score (nSPS) is 17.4. The van der Waals surface area contributed by atoms with Gasteiger partial charge in [-0.1, -0.05) is 35.9 Å². The van der Waals surface area contributed by atoms with E-state index >= 15 is 0 Å². The molecule has 5 heteroatoms. The Labute approximate surface area is 158 Å². The number of rotatable bonds is 3. The molecule has 26 heavy (non-hydrogen) atoms. The van der Waals surface area contributed by atoms with E-state index in [0.29, 0.717) is 5.02 Å². The Bertz CT molecular complexity index is 901. The molecule has 0 fully saturated rings. The maximum atomic E-state index is 6.30. The molecule has 3 aromatic rings. The number of hydrogen-bond acceptors (Lipinski definition) is 4. The van der Waals surface area contributed by atoms with Gasteiger partial charge < -0.3 is 9.64 Å². The SMILES string of the molecule is CN1CCC(Oc2ccccc2Cl)c2ccc(-c3cnccn3)cc2C1. The highest BCUT2D eigenvalue weighted by Crippen LogP contribution is 2.35. The maximum Gasteiger partial charge on any atom is 0.138 e. The minimum absolute atomic E-state index is 0.0224. The van der Waals surface area contributed by atoms with Crippen LogP contribution in [0.3, 0.4) is 0 Å². The van der Waals surface area contributed by atoms with Crippen molar-refractivity contribution in [2.24, 2.45) is 0 Å². The number of halogens is 1. The molecule has 0 saturated heterocycles. The zero-order valence-corrected chi connectivity index (χ0v) is 15.4. The van der Waals surface area contributed by atoms with Crippen molar-refractivity contribution in [1.29, 1.82) is 0 Å². The van der Waals surface area contributed by atoms with Crippen molar-refractivity contribution in [2.75, 3.05) is 13.6 Å². The zero-order chi connectivity index (χ0) is 17.9. The average molecular weight is 366 g/mol. The number of aromatic nitrogens is 2. The lowest BCUT2D eigenvalue weighted by Crippen LogP contribution is -2.18. The number of para-hydroxylation sites is 1. The van der Waals surface area contributed by atoms with Gasteiger partial charge in [-0.25, -0.2) is 0 Å². The van der Waals surface area contributed by atoms with E-state index < -0.39 is 0 Å². The Hall–Kier alpha value is -2.43. The van der Waals surface area contributed by atoms with Gasteiger partial charge in [0.15, 0.2) is 0 Å². The summed E-state index contributed by atoms with van der Waals surface area (Å²) in [4.78, 5) is 10.9. The first kappa shape index (κ1) is 17.0. The van der Waals surface area contributed by atoms with Gasteiger partial charge >= 0.3 is 0 Å². The molecule has 0 spiro atoms. The van der Waals surface area contributed by atoms with Gasteiger partial charge in [0.1, 0.15) is 11.9 Å². The topological polar surface area (TPSA) is 38.2 Å². The third-order valence-corrected chi connectivity index (χ3v) is 4.98. The van der Waals surface area contributed by atoms with Gasteiger partial charge in [-0.3, -0.25) is 9.97 Å².